The van der Waals surface area contributed by atoms with Gasteiger partial charge >= 0.3 is 0 Å². The van der Waals surface area contributed by atoms with Crippen molar-refractivity contribution in [2.45, 2.75) is 27.2 Å². The Morgan fingerprint density at radius 1 is 0.781 bits per heavy atom. The molecule has 3 heterocycles. The number of para-hydroxylation sites is 4. The van der Waals surface area contributed by atoms with Crippen molar-refractivity contribution in [1.82, 2.24) is 4.98 Å². The molecule has 0 saturated heterocycles. The molecular weight excluding hydrogens is 396 g/mol. The Kier molecular flexibility index (Phi) is 4.06. The van der Waals surface area contributed by atoms with Gasteiger partial charge in [-0.2, -0.15) is 0 Å². The van der Waals surface area contributed by atoms with E-state index in [4.69, 9.17) is 14.5 Å². The Morgan fingerprint density at radius 3 is 2.19 bits per heavy atom. The monoisotopic (exact) mass is 420 g/mol. The van der Waals surface area contributed by atoms with Crippen LogP contribution in [0.1, 0.15) is 26.3 Å². The number of nitrogens with zero attached hydrogens (tertiary/aromatic N) is 2. The highest BCUT2D eigenvalue weighted by molar-refractivity contribution is 5.97. The third-order valence-corrected chi connectivity index (χ3v) is 5.80. The lowest BCUT2D eigenvalue weighted by molar-refractivity contribution is 0.411. The average molecular weight is 421 g/mol. The Balaban J connectivity index is 1.56. The minimum atomic E-state index is 0.201. The minimum Gasteiger partial charge on any atom is -0.453 e. The molecule has 0 saturated carbocycles. The summed E-state index contributed by atoms with van der Waals surface area (Å²) < 4.78 is 12.8. The SMILES string of the molecule is CC(C)(C)Cc1ccnc(-c2ccc3c4c2Oc2ccccc2N4c2ccccc2O3)c1. The van der Waals surface area contributed by atoms with Gasteiger partial charge in [0.15, 0.2) is 23.0 Å². The summed E-state index contributed by atoms with van der Waals surface area (Å²) in [7, 11) is 0. The lowest BCUT2D eigenvalue weighted by atomic mass is 9.88. The summed E-state index contributed by atoms with van der Waals surface area (Å²) in [4.78, 5) is 6.95. The Morgan fingerprint density at radius 2 is 1.47 bits per heavy atom. The van der Waals surface area contributed by atoms with Gasteiger partial charge in [-0.3, -0.25) is 9.88 Å². The lowest BCUT2D eigenvalue weighted by Gasteiger charge is -2.38. The molecule has 0 spiro atoms. The molecule has 2 aliphatic heterocycles. The first-order valence-electron chi connectivity index (χ1n) is 10.9. The number of pyridine rings is 1. The maximum Gasteiger partial charge on any atom is 0.164 e. The Labute approximate surface area is 188 Å². The van der Waals surface area contributed by atoms with Crippen LogP contribution in [0.25, 0.3) is 11.3 Å². The van der Waals surface area contributed by atoms with Crippen molar-refractivity contribution < 1.29 is 9.47 Å². The zero-order chi connectivity index (χ0) is 21.9. The zero-order valence-electron chi connectivity index (χ0n) is 18.4. The van der Waals surface area contributed by atoms with Crippen molar-refractivity contribution in [3.8, 4) is 34.3 Å². The van der Waals surface area contributed by atoms with Crippen LogP contribution in [0.5, 0.6) is 23.0 Å². The van der Waals surface area contributed by atoms with Gasteiger partial charge in [-0.05, 0) is 65.9 Å². The first-order chi connectivity index (χ1) is 15.5. The van der Waals surface area contributed by atoms with Crippen LogP contribution in [-0.2, 0) is 6.42 Å². The molecule has 0 amide bonds. The molecule has 32 heavy (non-hydrogen) atoms. The van der Waals surface area contributed by atoms with Crippen LogP contribution in [0.3, 0.4) is 0 Å². The highest BCUT2D eigenvalue weighted by Gasteiger charge is 2.36. The highest BCUT2D eigenvalue weighted by atomic mass is 16.5. The van der Waals surface area contributed by atoms with E-state index in [1.165, 1.54) is 5.56 Å². The van der Waals surface area contributed by atoms with Crippen LogP contribution in [0.4, 0.5) is 17.1 Å². The number of hydrogen-bond donors (Lipinski definition) is 0. The van der Waals surface area contributed by atoms with Crippen LogP contribution < -0.4 is 14.4 Å². The molecule has 0 bridgehead atoms. The molecule has 4 aromatic rings. The third kappa shape index (κ3) is 3.02. The fraction of sp³-hybridized carbons (Fsp3) is 0.179. The van der Waals surface area contributed by atoms with Gasteiger partial charge in [0.2, 0.25) is 0 Å². The maximum absolute atomic E-state index is 6.50. The van der Waals surface area contributed by atoms with E-state index in [1.807, 2.05) is 48.7 Å². The molecule has 2 aliphatic rings. The number of rotatable bonds is 2. The third-order valence-electron chi connectivity index (χ3n) is 5.80. The van der Waals surface area contributed by atoms with Gasteiger partial charge in [0, 0.05) is 11.8 Å². The fourth-order valence-corrected chi connectivity index (χ4v) is 4.55. The molecule has 0 aliphatic carbocycles. The van der Waals surface area contributed by atoms with Gasteiger partial charge in [0.05, 0.1) is 17.1 Å². The topological polar surface area (TPSA) is 34.6 Å². The number of fused-ring (bicyclic) bond motifs is 4. The second-order valence-electron chi connectivity index (χ2n) is 9.55. The van der Waals surface area contributed by atoms with Crippen molar-refractivity contribution >= 4 is 17.1 Å². The van der Waals surface area contributed by atoms with Crippen molar-refractivity contribution in [3.05, 3.63) is 84.6 Å². The number of hydrogen-bond acceptors (Lipinski definition) is 4. The van der Waals surface area contributed by atoms with Gasteiger partial charge < -0.3 is 9.47 Å². The fourth-order valence-electron chi connectivity index (χ4n) is 4.55. The molecule has 0 atom stereocenters. The summed E-state index contributed by atoms with van der Waals surface area (Å²) in [6.07, 6.45) is 2.87. The van der Waals surface area contributed by atoms with Crippen molar-refractivity contribution in [1.29, 1.82) is 0 Å². The molecule has 6 rings (SSSR count). The van der Waals surface area contributed by atoms with E-state index in [0.717, 1.165) is 57.7 Å². The van der Waals surface area contributed by atoms with Crippen LogP contribution in [0.15, 0.2) is 79.0 Å². The first-order valence-corrected chi connectivity index (χ1v) is 10.9. The van der Waals surface area contributed by atoms with Crippen molar-refractivity contribution in [2.75, 3.05) is 4.90 Å². The Hall–Kier alpha value is -3.79. The minimum absolute atomic E-state index is 0.201. The van der Waals surface area contributed by atoms with E-state index < -0.39 is 0 Å². The highest BCUT2D eigenvalue weighted by Crippen LogP contribution is 2.61. The number of benzene rings is 3. The van der Waals surface area contributed by atoms with Gasteiger partial charge in [0.25, 0.3) is 0 Å². The number of aromatic nitrogens is 1. The van der Waals surface area contributed by atoms with E-state index in [0.29, 0.717) is 0 Å². The molecule has 1 aromatic heterocycles. The van der Waals surface area contributed by atoms with Gasteiger partial charge in [-0.1, -0.05) is 45.0 Å². The molecule has 0 N–H and O–H groups in total. The molecule has 3 aromatic carbocycles. The first kappa shape index (κ1) is 18.9. The van der Waals surface area contributed by atoms with Gasteiger partial charge in [-0.15, -0.1) is 0 Å². The molecular formula is C28H24N2O2. The van der Waals surface area contributed by atoms with Crippen LogP contribution in [-0.4, -0.2) is 4.98 Å². The van der Waals surface area contributed by atoms with E-state index in [2.05, 4.69) is 56.0 Å². The second kappa shape index (κ2) is 6.86. The molecule has 4 heteroatoms. The van der Waals surface area contributed by atoms with E-state index >= 15 is 0 Å². The molecule has 158 valence electrons. The molecule has 4 nitrogen and oxygen atoms in total. The number of ether oxygens (including phenoxy) is 2. The van der Waals surface area contributed by atoms with Gasteiger partial charge in [-0.25, -0.2) is 0 Å². The lowest BCUT2D eigenvalue weighted by Crippen LogP contribution is -2.20. The van der Waals surface area contributed by atoms with E-state index in [9.17, 15) is 0 Å². The van der Waals surface area contributed by atoms with E-state index in [-0.39, 0.29) is 5.41 Å². The predicted octanol–water partition coefficient (Wildman–Crippen LogP) is 8.02. The van der Waals surface area contributed by atoms with Crippen molar-refractivity contribution in [2.24, 2.45) is 5.41 Å². The largest absolute Gasteiger partial charge is 0.453 e. The summed E-state index contributed by atoms with van der Waals surface area (Å²) in [5, 5.41) is 0. The van der Waals surface area contributed by atoms with Crippen LogP contribution in [0.2, 0.25) is 0 Å². The summed E-state index contributed by atoms with van der Waals surface area (Å²) in [5.74, 6) is 3.21. The van der Waals surface area contributed by atoms with Crippen LogP contribution in [0, 0.1) is 5.41 Å². The average Bonchev–Trinajstić information content (AvgIpc) is 2.78. The van der Waals surface area contributed by atoms with Gasteiger partial charge in [0.1, 0.15) is 5.69 Å². The Bertz CT molecular complexity index is 1340. The van der Waals surface area contributed by atoms with Crippen LogP contribution >= 0.6 is 0 Å². The molecule has 0 fully saturated rings. The predicted molar refractivity (Wildman–Crippen MR) is 128 cm³/mol. The zero-order valence-corrected chi connectivity index (χ0v) is 18.4. The second-order valence-corrected chi connectivity index (χ2v) is 9.55. The summed E-state index contributed by atoms with van der Waals surface area (Å²) in [6.45, 7) is 6.76. The molecule has 0 unspecified atom stereocenters. The summed E-state index contributed by atoms with van der Waals surface area (Å²) in [5.41, 5.74) is 6.26. The smallest absolute Gasteiger partial charge is 0.164 e. The normalized spacial score (nSPS) is 13.4. The van der Waals surface area contributed by atoms with E-state index in [1.54, 1.807) is 0 Å². The quantitative estimate of drug-likeness (QED) is 0.284. The summed E-state index contributed by atoms with van der Waals surface area (Å²) in [6, 6.07) is 24.6. The summed E-state index contributed by atoms with van der Waals surface area (Å²) >= 11 is 0. The number of anilines is 3. The standard InChI is InChI=1S/C28H24N2O2/c1-28(2,3)17-18-14-15-29-20(16-18)19-12-13-25-26-27(19)32-24-11-7-5-9-22(24)30(26)21-8-4-6-10-23(21)31-25/h4-16H,17H2,1-3H3. The molecule has 0 radical (unpaired) electrons. The maximum atomic E-state index is 6.50. The van der Waals surface area contributed by atoms with Crippen molar-refractivity contribution in [3.63, 3.8) is 0 Å².